The molecule has 7 heteroatoms. The fourth-order valence-electron chi connectivity index (χ4n) is 2.76. The number of amides is 1. The van der Waals surface area contributed by atoms with Gasteiger partial charge in [0.15, 0.2) is 0 Å². The molecule has 2 aromatic rings. The average Bonchev–Trinajstić information content (AvgIpc) is 2.63. The zero-order valence-corrected chi connectivity index (χ0v) is 17.8. The summed E-state index contributed by atoms with van der Waals surface area (Å²) in [6.45, 7) is 6.22. The lowest BCUT2D eigenvalue weighted by atomic mass is 9.87. The molecule has 0 radical (unpaired) electrons. The molecule has 2 rings (SSSR count). The highest BCUT2D eigenvalue weighted by Crippen LogP contribution is 2.26. The summed E-state index contributed by atoms with van der Waals surface area (Å²) in [5.41, 5.74) is 2.33. The average molecular weight is 405 g/mol. The van der Waals surface area contributed by atoms with Crippen molar-refractivity contribution in [2.75, 3.05) is 24.2 Å². The van der Waals surface area contributed by atoms with Gasteiger partial charge in [-0.2, -0.15) is 0 Å². The quantitative estimate of drug-likeness (QED) is 0.769. The molecule has 0 unspecified atom stereocenters. The van der Waals surface area contributed by atoms with E-state index in [0.717, 1.165) is 21.7 Å². The summed E-state index contributed by atoms with van der Waals surface area (Å²) in [5, 5.41) is 2.76. The third-order valence-corrected chi connectivity index (χ3v) is 5.52. The molecule has 0 aromatic heterocycles. The minimum atomic E-state index is -3.61. The van der Waals surface area contributed by atoms with Crippen LogP contribution in [0.25, 0.3) is 0 Å². The van der Waals surface area contributed by atoms with Crippen molar-refractivity contribution in [1.29, 1.82) is 0 Å². The van der Waals surface area contributed by atoms with Gasteiger partial charge >= 0.3 is 0 Å². The van der Waals surface area contributed by atoms with Crippen molar-refractivity contribution >= 4 is 21.6 Å². The maximum absolute atomic E-state index is 12.4. The van der Waals surface area contributed by atoms with E-state index >= 15 is 0 Å². The Labute approximate surface area is 167 Å². The van der Waals surface area contributed by atoms with Crippen LogP contribution in [0.15, 0.2) is 48.5 Å². The van der Waals surface area contributed by atoms with Crippen LogP contribution < -0.4 is 14.4 Å². The molecular weight excluding hydrogens is 376 g/mol. The number of rotatable bonds is 7. The second kappa shape index (κ2) is 8.65. The number of nitrogens with one attached hydrogen (secondary N) is 1. The molecule has 0 fully saturated rings. The van der Waals surface area contributed by atoms with E-state index in [1.54, 1.807) is 25.3 Å². The largest absolute Gasteiger partial charge is 0.496 e. The maximum Gasteiger partial charge on any atom is 0.241 e. The number of nitrogens with zero attached hydrogens (tertiary/aromatic N) is 1. The molecule has 0 bridgehead atoms. The first-order chi connectivity index (χ1) is 13.0. The zero-order valence-electron chi connectivity index (χ0n) is 17.0. The summed E-state index contributed by atoms with van der Waals surface area (Å²) in [6, 6.07) is 14.6. The molecule has 1 N–H and O–H groups in total. The summed E-state index contributed by atoms with van der Waals surface area (Å²) >= 11 is 0. The van der Waals surface area contributed by atoms with Crippen LogP contribution in [-0.4, -0.2) is 34.2 Å². The second-order valence-corrected chi connectivity index (χ2v) is 9.56. The van der Waals surface area contributed by atoms with E-state index in [0.29, 0.717) is 11.4 Å². The normalized spacial score (nSPS) is 11.8. The highest BCUT2D eigenvalue weighted by Gasteiger charge is 2.22. The lowest BCUT2D eigenvalue weighted by Gasteiger charge is -2.24. The Morgan fingerprint density at radius 1 is 1.07 bits per heavy atom. The third-order valence-electron chi connectivity index (χ3n) is 4.38. The van der Waals surface area contributed by atoms with E-state index < -0.39 is 15.9 Å². The number of ether oxygens (including phenoxy) is 1. The van der Waals surface area contributed by atoms with Gasteiger partial charge in [0.2, 0.25) is 15.9 Å². The van der Waals surface area contributed by atoms with Crippen LogP contribution in [0, 0.1) is 0 Å². The fraction of sp³-hybridized carbons (Fsp3) is 0.381. The van der Waals surface area contributed by atoms with E-state index in [2.05, 4.69) is 26.1 Å². The van der Waals surface area contributed by atoms with Crippen molar-refractivity contribution in [3.63, 3.8) is 0 Å². The second-order valence-electron chi connectivity index (χ2n) is 7.66. The predicted octanol–water partition coefficient (Wildman–Crippen LogP) is 3.08. The van der Waals surface area contributed by atoms with E-state index in [4.69, 9.17) is 4.74 Å². The van der Waals surface area contributed by atoms with Crippen molar-refractivity contribution in [3.05, 3.63) is 59.7 Å². The Hall–Kier alpha value is -2.54. The van der Waals surface area contributed by atoms with Crippen LogP contribution in [0.3, 0.4) is 0 Å². The van der Waals surface area contributed by atoms with Crippen LogP contribution in [0.1, 0.15) is 31.9 Å². The Kier molecular flexibility index (Phi) is 6.72. The topological polar surface area (TPSA) is 75.7 Å². The number of anilines is 1. The van der Waals surface area contributed by atoms with Gasteiger partial charge < -0.3 is 10.1 Å². The minimum absolute atomic E-state index is 0.0411. The van der Waals surface area contributed by atoms with Gasteiger partial charge in [0, 0.05) is 12.1 Å². The van der Waals surface area contributed by atoms with Crippen molar-refractivity contribution in [2.24, 2.45) is 0 Å². The summed E-state index contributed by atoms with van der Waals surface area (Å²) in [4.78, 5) is 12.4. The van der Waals surface area contributed by atoms with Crippen LogP contribution in [0.4, 0.5) is 5.69 Å². The Morgan fingerprint density at radius 2 is 1.68 bits per heavy atom. The maximum atomic E-state index is 12.4. The molecule has 0 aliphatic rings. The molecule has 0 aliphatic heterocycles. The molecule has 0 heterocycles. The predicted molar refractivity (Wildman–Crippen MR) is 112 cm³/mol. The summed E-state index contributed by atoms with van der Waals surface area (Å²) in [7, 11) is -2.05. The molecule has 2 aromatic carbocycles. The number of hydrogen-bond acceptors (Lipinski definition) is 4. The van der Waals surface area contributed by atoms with Gasteiger partial charge in [-0.1, -0.05) is 51.1 Å². The zero-order chi connectivity index (χ0) is 20.9. The highest BCUT2D eigenvalue weighted by atomic mass is 32.2. The third kappa shape index (κ3) is 5.73. The van der Waals surface area contributed by atoms with Crippen molar-refractivity contribution < 1.29 is 17.9 Å². The molecular formula is C21H28N2O4S. The van der Waals surface area contributed by atoms with Crippen molar-refractivity contribution in [2.45, 2.75) is 32.7 Å². The van der Waals surface area contributed by atoms with E-state index in [9.17, 15) is 13.2 Å². The molecule has 152 valence electrons. The van der Waals surface area contributed by atoms with Crippen LogP contribution in [0.5, 0.6) is 5.75 Å². The van der Waals surface area contributed by atoms with E-state index in [1.807, 2.05) is 30.3 Å². The number of carbonyl (C=O) groups excluding carboxylic acids is 1. The molecule has 6 nitrogen and oxygen atoms in total. The van der Waals surface area contributed by atoms with Gasteiger partial charge in [-0.05, 0) is 29.2 Å². The number of benzene rings is 2. The summed E-state index contributed by atoms with van der Waals surface area (Å²) < 4.78 is 30.9. The van der Waals surface area contributed by atoms with Crippen LogP contribution in [0.2, 0.25) is 0 Å². The molecule has 28 heavy (non-hydrogen) atoms. The Bertz CT molecular complexity index is 916. The molecule has 0 saturated carbocycles. The smallest absolute Gasteiger partial charge is 0.241 e. The summed E-state index contributed by atoms with van der Waals surface area (Å²) in [5.74, 6) is 0.275. The number of carbonyl (C=O) groups is 1. The SMILES string of the molecule is COc1ccccc1CNC(=O)CN(c1ccc(C(C)(C)C)cc1)S(C)(=O)=O. The first-order valence-electron chi connectivity index (χ1n) is 8.99. The number of sulfonamides is 1. The molecule has 0 saturated heterocycles. The first kappa shape index (κ1) is 21.8. The monoisotopic (exact) mass is 404 g/mol. The standard InChI is InChI=1S/C21H28N2O4S/c1-21(2,3)17-10-12-18(13-11-17)23(28(5,25)26)15-20(24)22-14-16-8-6-7-9-19(16)27-4/h6-13H,14-15H2,1-5H3,(H,22,24). The Morgan fingerprint density at radius 3 is 2.21 bits per heavy atom. The lowest BCUT2D eigenvalue weighted by molar-refractivity contribution is -0.119. The Balaban J connectivity index is 2.13. The molecule has 0 spiro atoms. The molecule has 1 amide bonds. The van der Waals surface area contributed by atoms with Crippen LogP contribution in [-0.2, 0) is 26.8 Å². The molecule has 0 aliphatic carbocycles. The van der Waals surface area contributed by atoms with Gasteiger partial charge in [0.1, 0.15) is 12.3 Å². The number of hydrogen-bond donors (Lipinski definition) is 1. The van der Waals surface area contributed by atoms with E-state index in [1.165, 1.54) is 0 Å². The van der Waals surface area contributed by atoms with Gasteiger partial charge in [-0.3, -0.25) is 9.10 Å². The van der Waals surface area contributed by atoms with Crippen LogP contribution >= 0.6 is 0 Å². The number of methoxy groups -OCH3 is 1. The van der Waals surface area contributed by atoms with Crippen molar-refractivity contribution in [1.82, 2.24) is 5.32 Å². The van der Waals surface area contributed by atoms with Gasteiger partial charge in [0.05, 0.1) is 19.1 Å². The minimum Gasteiger partial charge on any atom is -0.496 e. The van der Waals surface area contributed by atoms with Crippen molar-refractivity contribution in [3.8, 4) is 5.75 Å². The van der Waals surface area contributed by atoms with E-state index in [-0.39, 0.29) is 18.5 Å². The number of para-hydroxylation sites is 1. The fourth-order valence-corrected chi connectivity index (χ4v) is 3.61. The lowest BCUT2D eigenvalue weighted by Crippen LogP contribution is -2.40. The summed E-state index contributed by atoms with van der Waals surface area (Å²) in [6.07, 6.45) is 1.10. The van der Waals surface area contributed by atoms with Gasteiger partial charge in [-0.25, -0.2) is 8.42 Å². The van der Waals surface area contributed by atoms with Gasteiger partial charge in [-0.15, -0.1) is 0 Å². The molecule has 0 atom stereocenters. The van der Waals surface area contributed by atoms with Gasteiger partial charge in [0.25, 0.3) is 0 Å². The first-order valence-corrected chi connectivity index (χ1v) is 10.8. The highest BCUT2D eigenvalue weighted by molar-refractivity contribution is 7.92.